The van der Waals surface area contributed by atoms with Crippen LogP contribution in [0.15, 0.2) is 0 Å². The molecule has 1 atom stereocenters. The highest BCUT2D eigenvalue weighted by atomic mass is 127. The number of hydrogen-bond acceptors (Lipinski definition) is 6. The summed E-state index contributed by atoms with van der Waals surface area (Å²) in [5.74, 6) is -1.27. The van der Waals surface area contributed by atoms with Gasteiger partial charge in [-0.3, -0.25) is 4.79 Å². The monoisotopic (exact) mass is 457 g/mol. The number of ether oxygens (including phenoxy) is 3. The Morgan fingerprint density at radius 2 is 1.58 bits per heavy atom. The average Bonchev–Trinajstić information content (AvgIpc) is 2.40. The fourth-order valence-electron chi connectivity index (χ4n) is 1.58. The summed E-state index contributed by atoms with van der Waals surface area (Å²) in [6, 6.07) is -0.865. The van der Waals surface area contributed by atoms with Crippen molar-refractivity contribution in [2.45, 2.75) is 60.1 Å². The van der Waals surface area contributed by atoms with Crippen molar-refractivity contribution >= 4 is 40.6 Å². The van der Waals surface area contributed by atoms with Crippen LogP contribution in [0.4, 0.5) is 4.79 Å². The summed E-state index contributed by atoms with van der Waals surface area (Å²) in [6.45, 7) is 11.9. The first-order chi connectivity index (χ1) is 10.8. The van der Waals surface area contributed by atoms with Gasteiger partial charge in [0.05, 0.1) is 5.41 Å². The second-order valence-corrected chi connectivity index (χ2v) is 8.02. The maximum absolute atomic E-state index is 12.3. The molecule has 0 rings (SSSR count). The molecular weight excluding hydrogens is 429 g/mol. The normalized spacial score (nSPS) is 13.2. The molecular formula is C16H28INO6. The predicted molar refractivity (Wildman–Crippen MR) is 97.7 cm³/mol. The Bertz CT molecular complexity index is 456. The van der Waals surface area contributed by atoms with E-state index in [1.165, 1.54) is 0 Å². The maximum Gasteiger partial charge on any atom is 0.408 e. The second-order valence-electron chi connectivity index (χ2n) is 7.40. The van der Waals surface area contributed by atoms with Crippen LogP contribution in [0.1, 0.15) is 48.5 Å². The van der Waals surface area contributed by atoms with Crippen LogP contribution < -0.4 is 5.32 Å². The van der Waals surface area contributed by atoms with Crippen LogP contribution >= 0.6 is 22.6 Å². The molecule has 0 aliphatic heterocycles. The van der Waals surface area contributed by atoms with Crippen LogP contribution in [-0.2, 0) is 23.8 Å². The number of carbonyl (C=O) groups is 3. The smallest absolute Gasteiger partial charge is 0.408 e. The molecule has 0 aromatic carbocycles. The Kier molecular flexibility index (Phi) is 9.01. The molecule has 0 saturated carbocycles. The number of rotatable bonds is 7. The minimum Gasteiger partial charge on any atom is -0.463 e. The number of alkyl halides is 1. The van der Waals surface area contributed by atoms with E-state index in [1.54, 1.807) is 48.5 Å². The van der Waals surface area contributed by atoms with E-state index in [9.17, 15) is 14.4 Å². The van der Waals surface area contributed by atoms with E-state index >= 15 is 0 Å². The van der Waals surface area contributed by atoms with Crippen LogP contribution in [-0.4, -0.2) is 40.9 Å². The molecule has 140 valence electrons. The molecule has 0 aromatic rings. The lowest BCUT2D eigenvalue weighted by Gasteiger charge is -2.26. The van der Waals surface area contributed by atoms with Gasteiger partial charge in [0.2, 0.25) is 0 Å². The molecule has 0 radical (unpaired) electrons. The molecule has 0 fully saturated rings. The average molecular weight is 457 g/mol. The Balaban J connectivity index is 4.77. The van der Waals surface area contributed by atoms with Crippen LogP contribution in [0.2, 0.25) is 0 Å². The first-order valence-corrected chi connectivity index (χ1v) is 9.22. The van der Waals surface area contributed by atoms with Gasteiger partial charge in [0.15, 0.2) is 0 Å². The van der Waals surface area contributed by atoms with Crippen LogP contribution in [0.25, 0.3) is 0 Å². The summed E-state index contributed by atoms with van der Waals surface area (Å²) in [4.78, 5) is 35.9. The lowest BCUT2D eigenvalue weighted by atomic mass is 9.95. The van der Waals surface area contributed by atoms with E-state index in [0.29, 0.717) is 0 Å². The lowest BCUT2D eigenvalue weighted by Crippen LogP contribution is -2.48. The third kappa shape index (κ3) is 8.70. The highest BCUT2D eigenvalue weighted by molar-refractivity contribution is 14.1. The molecule has 8 heteroatoms. The third-order valence-corrected chi connectivity index (χ3v) is 3.22. The van der Waals surface area contributed by atoms with Gasteiger partial charge in [-0.25, -0.2) is 9.59 Å². The highest BCUT2D eigenvalue weighted by Gasteiger charge is 2.34. The molecule has 7 nitrogen and oxygen atoms in total. The molecule has 0 heterocycles. The summed E-state index contributed by atoms with van der Waals surface area (Å²) in [7, 11) is 0. The molecule has 0 bridgehead atoms. The molecule has 0 aromatic heterocycles. The summed E-state index contributed by atoms with van der Waals surface area (Å²) < 4.78 is 15.5. The summed E-state index contributed by atoms with van der Waals surface area (Å²) in [5, 5.41) is 2.51. The van der Waals surface area contributed by atoms with Gasteiger partial charge in [-0.15, -0.1) is 0 Å². The van der Waals surface area contributed by atoms with Crippen molar-refractivity contribution in [3.63, 3.8) is 0 Å². The van der Waals surface area contributed by atoms with E-state index in [-0.39, 0.29) is 17.1 Å². The summed E-state index contributed by atoms with van der Waals surface area (Å²) >= 11 is 1.92. The summed E-state index contributed by atoms with van der Waals surface area (Å²) in [6.07, 6.45) is -0.693. The third-order valence-electron chi connectivity index (χ3n) is 2.91. The largest absolute Gasteiger partial charge is 0.463 e. The molecule has 1 N–H and O–H groups in total. The molecule has 0 spiro atoms. The molecule has 1 amide bonds. The van der Waals surface area contributed by atoms with Crippen molar-refractivity contribution in [1.29, 1.82) is 0 Å². The van der Waals surface area contributed by atoms with Gasteiger partial charge < -0.3 is 19.5 Å². The number of amides is 1. The fourth-order valence-corrected chi connectivity index (χ4v) is 1.86. The van der Waals surface area contributed by atoms with E-state index in [4.69, 9.17) is 14.2 Å². The van der Waals surface area contributed by atoms with Crippen molar-refractivity contribution in [3.8, 4) is 0 Å². The van der Waals surface area contributed by atoms with E-state index in [0.717, 1.165) is 0 Å². The fraction of sp³-hybridized carbons (Fsp3) is 0.812. The van der Waals surface area contributed by atoms with E-state index < -0.39 is 35.1 Å². The van der Waals surface area contributed by atoms with Crippen molar-refractivity contribution in [1.82, 2.24) is 5.32 Å². The Labute approximate surface area is 157 Å². The van der Waals surface area contributed by atoms with Gasteiger partial charge in [-0.2, -0.15) is 0 Å². The van der Waals surface area contributed by atoms with Gasteiger partial charge in [0.1, 0.15) is 22.9 Å². The number of carbonyl (C=O) groups excluding carboxylic acids is 3. The van der Waals surface area contributed by atoms with Crippen LogP contribution in [0, 0.1) is 11.3 Å². The van der Waals surface area contributed by atoms with Crippen molar-refractivity contribution < 1.29 is 28.6 Å². The zero-order chi connectivity index (χ0) is 19.1. The number of alkyl carbamates (subject to hydrolysis) is 1. The van der Waals surface area contributed by atoms with Gasteiger partial charge in [-0.05, 0) is 63.1 Å². The van der Waals surface area contributed by atoms with Crippen molar-refractivity contribution in [2.75, 3.05) is 11.2 Å². The second kappa shape index (κ2) is 9.43. The quantitative estimate of drug-likeness (QED) is 0.274. The minimum atomic E-state index is -0.964. The molecule has 0 aliphatic carbocycles. The zero-order valence-corrected chi connectivity index (χ0v) is 17.6. The van der Waals surface area contributed by atoms with E-state index in [2.05, 4.69) is 5.32 Å². The standard InChI is InChI=1S/C16H28INO6/c1-10(2)11(18-14(21)24-15(3,4)5)12(19)22-8-16(6,7)13(20)23-9-17/h10-11H,8-9H2,1-7H3,(H,18,21). The first kappa shape index (κ1) is 22.9. The SMILES string of the molecule is CC(C)C(NC(=O)OC(C)(C)C)C(=O)OCC(C)(C)C(=O)OCI. The molecule has 24 heavy (non-hydrogen) atoms. The van der Waals surface area contributed by atoms with Gasteiger partial charge in [-0.1, -0.05) is 13.8 Å². The minimum absolute atomic E-state index is 0.138. The maximum atomic E-state index is 12.3. The Hall–Kier alpha value is -1.06. The van der Waals surface area contributed by atoms with Crippen molar-refractivity contribution in [3.05, 3.63) is 0 Å². The summed E-state index contributed by atoms with van der Waals surface area (Å²) in [5.41, 5.74) is -1.63. The lowest BCUT2D eigenvalue weighted by molar-refractivity contribution is -0.161. The molecule has 0 saturated heterocycles. The van der Waals surface area contributed by atoms with Gasteiger partial charge in [0, 0.05) is 0 Å². The topological polar surface area (TPSA) is 90.9 Å². The van der Waals surface area contributed by atoms with Gasteiger partial charge >= 0.3 is 18.0 Å². The number of nitrogens with one attached hydrogen (secondary N) is 1. The first-order valence-electron chi connectivity index (χ1n) is 7.69. The van der Waals surface area contributed by atoms with E-state index in [1.807, 2.05) is 22.6 Å². The van der Waals surface area contributed by atoms with Crippen molar-refractivity contribution in [2.24, 2.45) is 11.3 Å². The Morgan fingerprint density at radius 1 is 1.04 bits per heavy atom. The number of halogens is 1. The predicted octanol–water partition coefficient (Wildman–Crippen LogP) is 3.04. The number of esters is 2. The highest BCUT2D eigenvalue weighted by Crippen LogP contribution is 2.19. The Morgan fingerprint density at radius 3 is 2.00 bits per heavy atom. The molecule has 0 aliphatic rings. The number of hydrogen-bond donors (Lipinski definition) is 1. The zero-order valence-electron chi connectivity index (χ0n) is 15.4. The van der Waals surface area contributed by atoms with Gasteiger partial charge in [0.25, 0.3) is 0 Å². The van der Waals surface area contributed by atoms with Crippen LogP contribution in [0.5, 0.6) is 0 Å². The molecule has 1 unspecified atom stereocenters. The van der Waals surface area contributed by atoms with Crippen LogP contribution in [0.3, 0.4) is 0 Å².